The van der Waals surface area contributed by atoms with Gasteiger partial charge in [0.25, 0.3) is 0 Å². The lowest BCUT2D eigenvalue weighted by atomic mass is 9.88. The lowest BCUT2D eigenvalue weighted by Gasteiger charge is -2.21. The highest BCUT2D eigenvalue weighted by Gasteiger charge is 2.33. The van der Waals surface area contributed by atoms with Crippen molar-refractivity contribution in [2.24, 2.45) is 11.8 Å². The standard InChI is InChI=1S/C15H26O3/c1-11(2)13(6-5-12(3)16)7-8-15(4)9-14(17)10-18-15/h7-8,11,13-14,17H,5-6,9-10H2,1-4H3. The summed E-state index contributed by atoms with van der Waals surface area (Å²) in [7, 11) is 0. The second kappa shape index (κ2) is 6.48. The Morgan fingerprint density at radius 2 is 2.22 bits per heavy atom. The summed E-state index contributed by atoms with van der Waals surface area (Å²) < 4.78 is 5.60. The molecule has 0 aromatic carbocycles. The van der Waals surface area contributed by atoms with Crippen LogP contribution in [0.1, 0.15) is 47.0 Å². The predicted molar refractivity (Wildman–Crippen MR) is 72.4 cm³/mol. The van der Waals surface area contributed by atoms with Crippen LogP contribution in [0.2, 0.25) is 0 Å². The van der Waals surface area contributed by atoms with Crippen LogP contribution in [-0.2, 0) is 9.53 Å². The summed E-state index contributed by atoms with van der Waals surface area (Å²) in [6.07, 6.45) is 6.05. The van der Waals surface area contributed by atoms with Crippen molar-refractivity contribution in [3.63, 3.8) is 0 Å². The summed E-state index contributed by atoms with van der Waals surface area (Å²) in [4.78, 5) is 11.1. The molecule has 0 bridgehead atoms. The van der Waals surface area contributed by atoms with Gasteiger partial charge in [0.15, 0.2) is 0 Å². The number of rotatable bonds is 6. The molecule has 18 heavy (non-hydrogen) atoms. The molecular weight excluding hydrogens is 228 g/mol. The summed E-state index contributed by atoms with van der Waals surface area (Å²) >= 11 is 0. The Bertz CT molecular complexity index is 309. The maximum atomic E-state index is 11.1. The molecular formula is C15H26O3. The maximum Gasteiger partial charge on any atom is 0.129 e. The first-order valence-electron chi connectivity index (χ1n) is 6.83. The third kappa shape index (κ3) is 4.91. The SMILES string of the molecule is CC(=O)CCC(C=CC1(C)CC(O)CO1)C(C)C. The maximum absolute atomic E-state index is 11.1. The highest BCUT2D eigenvalue weighted by Crippen LogP contribution is 2.29. The number of carbonyl (C=O) groups excluding carboxylic acids is 1. The second-order valence-corrected chi connectivity index (χ2v) is 5.99. The fourth-order valence-electron chi connectivity index (χ4n) is 2.34. The zero-order valence-electron chi connectivity index (χ0n) is 12.0. The van der Waals surface area contributed by atoms with E-state index >= 15 is 0 Å². The molecule has 3 heteroatoms. The average Bonchev–Trinajstić information content (AvgIpc) is 2.58. The number of carbonyl (C=O) groups is 1. The van der Waals surface area contributed by atoms with E-state index in [1.807, 2.05) is 6.92 Å². The molecule has 1 aliphatic heterocycles. The van der Waals surface area contributed by atoms with E-state index in [0.717, 1.165) is 6.42 Å². The van der Waals surface area contributed by atoms with Crippen LogP contribution in [0.5, 0.6) is 0 Å². The molecule has 3 atom stereocenters. The first kappa shape index (κ1) is 15.4. The largest absolute Gasteiger partial charge is 0.391 e. The van der Waals surface area contributed by atoms with Gasteiger partial charge < -0.3 is 14.6 Å². The minimum atomic E-state index is -0.352. The molecule has 104 valence electrons. The molecule has 1 saturated heterocycles. The van der Waals surface area contributed by atoms with Crippen molar-refractivity contribution in [1.82, 2.24) is 0 Å². The third-order valence-corrected chi connectivity index (χ3v) is 3.63. The van der Waals surface area contributed by atoms with Crippen LogP contribution in [-0.4, -0.2) is 29.2 Å². The number of allylic oxidation sites excluding steroid dienone is 1. The molecule has 1 heterocycles. The highest BCUT2D eigenvalue weighted by molar-refractivity contribution is 5.75. The molecule has 1 rings (SSSR count). The Balaban J connectivity index is 2.57. The summed E-state index contributed by atoms with van der Waals surface area (Å²) in [6, 6.07) is 0. The Morgan fingerprint density at radius 3 is 2.67 bits per heavy atom. The number of ketones is 1. The van der Waals surface area contributed by atoms with Crippen molar-refractivity contribution in [1.29, 1.82) is 0 Å². The summed E-state index contributed by atoms with van der Waals surface area (Å²) in [5.41, 5.74) is -0.344. The van der Waals surface area contributed by atoms with Gasteiger partial charge in [-0.05, 0) is 32.1 Å². The fraction of sp³-hybridized carbons (Fsp3) is 0.800. The average molecular weight is 254 g/mol. The van der Waals surface area contributed by atoms with Gasteiger partial charge in [-0.3, -0.25) is 0 Å². The van der Waals surface area contributed by atoms with Crippen LogP contribution in [0.25, 0.3) is 0 Å². The molecule has 0 radical (unpaired) electrons. The summed E-state index contributed by atoms with van der Waals surface area (Å²) in [5, 5.41) is 9.51. The lowest BCUT2D eigenvalue weighted by molar-refractivity contribution is -0.117. The minimum absolute atomic E-state index is 0.243. The number of aliphatic hydroxyl groups is 1. The van der Waals surface area contributed by atoms with Crippen LogP contribution in [0.15, 0.2) is 12.2 Å². The van der Waals surface area contributed by atoms with E-state index in [2.05, 4.69) is 26.0 Å². The normalized spacial score (nSPS) is 30.2. The smallest absolute Gasteiger partial charge is 0.129 e. The zero-order valence-corrected chi connectivity index (χ0v) is 12.0. The Morgan fingerprint density at radius 1 is 1.56 bits per heavy atom. The molecule has 3 nitrogen and oxygen atoms in total. The van der Waals surface area contributed by atoms with Crippen molar-refractivity contribution < 1.29 is 14.6 Å². The number of ether oxygens (including phenoxy) is 1. The van der Waals surface area contributed by atoms with E-state index in [9.17, 15) is 9.90 Å². The van der Waals surface area contributed by atoms with E-state index in [-0.39, 0.29) is 17.5 Å². The van der Waals surface area contributed by atoms with Gasteiger partial charge in [0.2, 0.25) is 0 Å². The summed E-state index contributed by atoms with van der Waals surface area (Å²) in [6.45, 7) is 8.39. The van der Waals surface area contributed by atoms with Crippen LogP contribution < -0.4 is 0 Å². The van der Waals surface area contributed by atoms with Crippen molar-refractivity contribution in [2.75, 3.05) is 6.61 Å². The number of aliphatic hydroxyl groups excluding tert-OH is 1. The Hall–Kier alpha value is -0.670. The summed E-state index contributed by atoms with van der Waals surface area (Å²) in [5.74, 6) is 1.15. The number of hydrogen-bond donors (Lipinski definition) is 1. The van der Waals surface area contributed by atoms with Gasteiger partial charge in [0, 0.05) is 12.8 Å². The fourth-order valence-corrected chi connectivity index (χ4v) is 2.34. The van der Waals surface area contributed by atoms with Gasteiger partial charge >= 0.3 is 0 Å². The molecule has 0 aromatic rings. The predicted octanol–water partition coefficient (Wildman–Crippen LogP) is 2.72. The second-order valence-electron chi connectivity index (χ2n) is 5.99. The first-order valence-corrected chi connectivity index (χ1v) is 6.83. The molecule has 1 N–H and O–H groups in total. The zero-order chi connectivity index (χ0) is 13.8. The topological polar surface area (TPSA) is 46.5 Å². The van der Waals surface area contributed by atoms with Gasteiger partial charge in [-0.2, -0.15) is 0 Å². The van der Waals surface area contributed by atoms with E-state index < -0.39 is 0 Å². The molecule has 0 aliphatic carbocycles. The van der Waals surface area contributed by atoms with Crippen molar-refractivity contribution in [3.8, 4) is 0 Å². The van der Waals surface area contributed by atoms with Gasteiger partial charge in [-0.15, -0.1) is 0 Å². The van der Waals surface area contributed by atoms with Gasteiger partial charge in [0.1, 0.15) is 5.78 Å². The quantitative estimate of drug-likeness (QED) is 0.741. The molecule has 0 amide bonds. The van der Waals surface area contributed by atoms with Crippen LogP contribution in [0, 0.1) is 11.8 Å². The first-order chi connectivity index (χ1) is 8.32. The lowest BCUT2D eigenvalue weighted by Crippen LogP contribution is -2.21. The Kier molecular flexibility index (Phi) is 5.54. The monoisotopic (exact) mass is 254 g/mol. The van der Waals surface area contributed by atoms with E-state index in [0.29, 0.717) is 31.3 Å². The molecule has 0 saturated carbocycles. The van der Waals surface area contributed by atoms with Crippen molar-refractivity contribution >= 4 is 5.78 Å². The molecule has 0 spiro atoms. The van der Waals surface area contributed by atoms with Gasteiger partial charge in [0.05, 0.1) is 18.3 Å². The Labute approximate surface area is 110 Å². The number of Topliss-reactive ketones (excluding diaryl/α,β-unsaturated/α-hetero) is 1. The van der Waals surface area contributed by atoms with Crippen LogP contribution >= 0.6 is 0 Å². The number of hydrogen-bond acceptors (Lipinski definition) is 3. The van der Waals surface area contributed by atoms with Crippen LogP contribution in [0.4, 0.5) is 0 Å². The van der Waals surface area contributed by atoms with Gasteiger partial charge in [-0.1, -0.05) is 26.0 Å². The van der Waals surface area contributed by atoms with Crippen molar-refractivity contribution in [3.05, 3.63) is 12.2 Å². The van der Waals surface area contributed by atoms with Crippen molar-refractivity contribution in [2.45, 2.75) is 58.7 Å². The van der Waals surface area contributed by atoms with E-state index in [1.54, 1.807) is 6.92 Å². The van der Waals surface area contributed by atoms with Crippen LogP contribution in [0.3, 0.4) is 0 Å². The third-order valence-electron chi connectivity index (χ3n) is 3.63. The van der Waals surface area contributed by atoms with E-state index in [1.165, 1.54) is 0 Å². The molecule has 0 aromatic heterocycles. The van der Waals surface area contributed by atoms with Gasteiger partial charge in [-0.25, -0.2) is 0 Å². The molecule has 1 fully saturated rings. The molecule has 1 aliphatic rings. The molecule has 3 unspecified atom stereocenters. The minimum Gasteiger partial charge on any atom is -0.391 e. The highest BCUT2D eigenvalue weighted by atomic mass is 16.5. The van der Waals surface area contributed by atoms with E-state index in [4.69, 9.17) is 4.74 Å².